The van der Waals surface area contributed by atoms with Gasteiger partial charge in [0.05, 0.1) is 16.7 Å². The SMILES string of the molecule is NCCOc1ccc(Nc2ccc([N+](=O)[O-])cc2F)cc1. The van der Waals surface area contributed by atoms with Gasteiger partial charge in [-0.2, -0.15) is 0 Å². The van der Waals surface area contributed by atoms with Gasteiger partial charge in [0.1, 0.15) is 12.4 Å². The van der Waals surface area contributed by atoms with Crippen molar-refractivity contribution in [3.63, 3.8) is 0 Å². The van der Waals surface area contributed by atoms with Crippen LogP contribution in [0.15, 0.2) is 42.5 Å². The summed E-state index contributed by atoms with van der Waals surface area (Å²) in [6.45, 7) is 0.845. The van der Waals surface area contributed by atoms with Crippen LogP contribution >= 0.6 is 0 Å². The number of non-ortho nitro benzene ring substituents is 1. The molecule has 6 nitrogen and oxygen atoms in total. The Kier molecular flexibility index (Phi) is 4.68. The van der Waals surface area contributed by atoms with Crippen LogP contribution in [0.5, 0.6) is 5.75 Å². The molecule has 0 bridgehead atoms. The predicted molar refractivity (Wildman–Crippen MR) is 77.3 cm³/mol. The molecule has 3 N–H and O–H groups in total. The van der Waals surface area contributed by atoms with Crippen molar-refractivity contribution in [3.05, 3.63) is 58.4 Å². The van der Waals surface area contributed by atoms with Crippen LogP contribution in [0.3, 0.4) is 0 Å². The Morgan fingerprint density at radius 1 is 1.24 bits per heavy atom. The molecule has 0 aromatic heterocycles. The fourth-order valence-electron chi connectivity index (χ4n) is 1.69. The van der Waals surface area contributed by atoms with Gasteiger partial charge in [-0.1, -0.05) is 0 Å². The van der Waals surface area contributed by atoms with Crippen LogP contribution in [0.4, 0.5) is 21.5 Å². The smallest absolute Gasteiger partial charge is 0.272 e. The molecule has 0 radical (unpaired) electrons. The van der Waals surface area contributed by atoms with Crippen LogP contribution in [-0.4, -0.2) is 18.1 Å². The Labute approximate surface area is 120 Å². The minimum absolute atomic E-state index is 0.163. The van der Waals surface area contributed by atoms with Gasteiger partial charge in [0.15, 0.2) is 5.82 Å². The van der Waals surface area contributed by atoms with Crippen LogP contribution in [0, 0.1) is 15.9 Å². The minimum atomic E-state index is -0.687. The maximum Gasteiger partial charge on any atom is 0.272 e. The third-order valence-electron chi connectivity index (χ3n) is 2.68. The van der Waals surface area contributed by atoms with Crippen LogP contribution < -0.4 is 15.8 Å². The zero-order valence-electron chi connectivity index (χ0n) is 11.1. The fourth-order valence-corrected chi connectivity index (χ4v) is 1.69. The Morgan fingerprint density at radius 3 is 2.52 bits per heavy atom. The monoisotopic (exact) mass is 291 g/mol. The highest BCUT2D eigenvalue weighted by Gasteiger charge is 2.10. The van der Waals surface area contributed by atoms with Crippen molar-refractivity contribution in [1.29, 1.82) is 0 Å². The van der Waals surface area contributed by atoms with Gasteiger partial charge in [-0.15, -0.1) is 0 Å². The van der Waals surface area contributed by atoms with Gasteiger partial charge >= 0.3 is 0 Å². The normalized spacial score (nSPS) is 10.2. The van der Waals surface area contributed by atoms with Crippen LogP contribution in [-0.2, 0) is 0 Å². The lowest BCUT2D eigenvalue weighted by Gasteiger charge is -2.09. The van der Waals surface area contributed by atoms with Gasteiger partial charge in [0.2, 0.25) is 0 Å². The topological polar surface area (TPSA) is 90.4 Å². The van der Waals surface area contributed by atoms with Crippen molar-refractivity contribution in [2.24, 2.45) is 5.73 Å². The first-order valence-corrected chi connectivity index (χ1v) is 6.24. The predicted octanol–water partition coefficient (Wildman–Crippen LogP) is 2.82. The van der Waals surface area contributed by atoms with Crippen molar-refractivity contribution in [2.45, 2.75) is 0 Å². The molecule has 2 aromatic rings. The van der Waals surface area contributed by atoms with E-state index >= 15 is 0 Å². The number of hydrogen-bond donors (Lipinski definition) is 2. The summed E-state index contributed by atoms with van der Waals surface area (Å²) in [5.74, 6) is -0.0252. The molecule has 2 aromatic carbocycles. The Hall–Kier alpha value is -2.67. The lowest BCUT2D eigenvalue weighted by atomic mass is 10.2. The molecular formula is C14H14FN3O3. The number of rotatable bonds is 6. The third-order valence-corrected chi connectivity index (χ3v) is 2.68. The molecule has 0 atom stereocenters. The number of halogens is 1. The van der Waals surface area contributed by atoms with Crippen molar-refractivity contribution < 1.29 is 14.1 Å². The van der Waals surface area contributed by atoms with E-state index in [1.54, 1.807) is 24.3 Å². The van der Waals surface area contributed by atoms with Crippen molar-refractivity contribution >= 4 is 17.1 Å². The standard InChI is InChI=1S/C14H14FN3O3/c15-13-9-11(18(19)20)3-6-14(13)17-10-1-4-12(5-2-10)21-8-7-16/h1-6,9,17H,7-8,16H2. The van der Waals surface area contributed by atoms with E-state index in [0.29, 0.717) is 24.6 Å². The molecule has 7 heteroatoms. The average molecular weight is 291 g/mol. The molecule has 0 unspecified atom stereocenters. The average Bonchev–Trinajstić information content (AvgIpc) is 2.48. The van der Waals surface area contributed by atoms with Gasteiger partial charge in [-0.25, -0.2) is 4.39 Å². The number of hydrogen-bond acceptors (Lipinski definition) is 5. The van der Waals surface area contributed by atoms with E-state index in [0.717, 1.165) is 6.07 Å². The quantitative estimate of drug-likeness (QED) is 0.631. The number of nitrogens with zero attached hydrogens (tertiary/aromatic N) is 1. The maximum absolute atomic E-state index is 13.7. The van der Waals surface area contributed by atoms with E-state index < -0.39 is 10.7 Å². The summed E-state index contributed by atoms with van der Waals surface area (Å²) < 4.78 is 19.1. The number of nitro groups is 1. The number of ether oxygens (including phenoxy) is 1. The molecule has 0 spiro atoms. The van der Waals surface area contributed by atoms with Crippen LogP contribution in [0.25, 0.3) is 0 Å². The molecule has 0 aliphatic heterocycles. The number of anilines is 2. The van der Waals surface area contributed by atoms with Crippen molar-refractivity contribution in [3.8, 4) is 5.75 Å². The second kappa shape index (κ2) is 6.67. The lowest BCUT2D eigenvalue weighted by molar-refractivity contribution is -0.385. The zero-order valence-corrected chi connectivity index (χ0v) is 11.1. The van der Waals surface area contributed by atoms with Gasteiger partial charge < -0.3 is 15.8 Å². The molecule has 0 fully saturated rings. The zero-order chi connectivity index (χ0) is 15.2. The largest absolute Gasteiger partial charge is 0.492 e. The molecule has 0 amide bonds. The second-order valence-corrected chi connectivity index (χ2v) is 4.21. The molecule has 0 aliphatic carbocycles. The number of nitro benzene ring substituents is 1. The summed E-state index contributed by atoms with van der Waals surface area (Å²) in [5, 5.41) is 13.4. The number of nitrogens with two attached hydrogens (primary N) is 1. The van der Waals surface area contributed by atoms with Crippen molar-refractivity contribution in [2.75, 3.05) is 18.5 Å². The first-order chi connectivity index (χ1) is 10.1. The summed E-state index contributed by atoms with van der Waals surface area (Å²) in [7, 11) is 0. The van der Waals surface area contributed by atoms with E-state index in [-0.39, 0.29) is 11.4 Å². The van der Waals surface area contributed by atoms with Crippen molar-refractivity contribution in [1.82, 2.24) is 0 Å². The minimum Gasteiger partial charge on any atom is -0.492 e. The molecule has 0 saturated heterocycles. The summed E-state index contributed by atoms with van der Waals surface area (Å²) in [5.41, 5.74) is 5.85. The Balaban J connectivity index is 2.09. The molecular weight excluding hydrogens is 277 g/mol. The Morgan fingerprint density at radius 2 is 1.95 bits per heavy atom. The maximum atomic E-state index is 13.7. The van der Waals surface area contributed by atoms with E-state index in [4.69, 9.17) is 10.5 Å². The highest BCUT2D eigenvalue weighted by atomic mass is 19.1. The molecule has 21 heavy (non-hydrogen) atoms. The van der Waals surface area contributed by atoms with Gasteiger partial charge in [-0.3, -0.25) is 10.1 Å². The highest BCUT2D eigenvalue weighted by Crippen LogP contribution is 2.25. The molecule has 110 valence electrons. The van der Waals surface area contributed by atoms with E-state index in [1.807, 2.05) is 0 Å². The lowest BCUT2D eigenvalue weighted by Crippen LogP contribution is -2.10. The molecule has 0 saturated carbocycles. The van der Waals surface area contributed by atoms with Crippen LogP contribution in [0.1, 0.15) is 0 Å². The first-order valence-electron chi connectivity index (χ1n) is 6.24. The summed E-state index contributed by atoms with van der Waals surface area (Å²) >= 11 is 0. The molecule has 0 aliphatic rings. The van der Waals surface area contributed by atoms with E-state index in [9.17, 15) is 14.5 Å². The fraction of sp³-hybridized carbons (Fsp3) is 0.143. The van der Waals surface area contributed by atoms with Gasteiger partial charge in [0, 0.05) is 18.3 Å². The third kappa shape index (κ3) is 3.90. The van der Waals surface area contributed by atoms with Gasteiger partial charge in [-0.05, 0) is 30.3 Å². The number of nitrogens with one attached hydrogen (secondary N) is 1. The highest BCUT2D eigenvalue weighted by molar-refractivity contribution is 5.62. The van der Waals surface area contributed by atoms with Crippen LogP contribution in [0.2, 0.25) is 0 Å². The second-order valence-electron chi connectivity index (χ2n) is 4.21. The summed E-state index contributed by atoms with van der Waals surface area (Å²) in [6, 6.07) is 10.3. The summed E-state index contributed by atoms with van der Waals surface area (Å²) in [6.07, 6.45) is 0. The molecule has 2 rings (SSSR count). The first kappa shape index (κ1) is 14.7. The Bertz CT molecular complexity index is 632. The molecule has 0 heterocycles. The van der Waals surface area contributed by atoms with E-state index in [1.165, 1.54) is 12.1 Å². The number of benzene rings is 2. The van der Waals surface area contributed by atoms with Gasteiger partial charge in [0.25, 0.3) is 5.69 Å². The van der Waals surface area contributed by atoms with E-state index in [2.05, 4.69) is 5.32 Å². The summed E-state index contributed by atoms with van der Waals surface area (Å²) in [4.78, 5) is 9.90.